The number of carbonyl (C=O) groups excluding carboxylic acids is 1. The van der Waals surface area contributed by atoms with Gasteiger partial charge in [-0.05, 0) is 24.3 Å². The predicted molar refractivity (Wildman–Crippen MR) is 86.8 cm³/mol. The zero-order valence-electron chi connectivity index (χ0n) is 12.5. The topological polar surface area (TPSA) is 50.8 Å². The van der Waals surface area contributed by atoms with Crippen LogP contribution >= 0.6 is 12.4 Å². The van der Waals surface area contributed by atoms with Gasteiger partial charge in [-0.3, -0.25) is 9.78 Å². The molecular weight excluding hydrogens is 300 g/mol. The van der Waals surface area contributed by atoms with Gasteiger partial charge in [0.25, 0.3) is 11.7 Å². The summed E-state index contributed by atoms with van der Waals surface area (Å²) in [6, 6.07) is 13.5. The van der Waals surface area contributed by atoms with E-state index in [4.69, 9.17) is 0 Å². The number of imidazole rings is 1. The van der Waals surface area contributed by atoms with Gasteiger partial charge in [0.1, 0.15) is 12.2 Å². The van der Waals surface area contributed by atoms with Gasteiger partial charge in [0, 0.05) is 6.20 Å². The van der Waals surface area contributed by atoms with Crippen LogP contribution in [0.25, 0.3) is 11.0 Å². The summed E-state index contributed by atoms with van der Waals surface area (Å²) >= 11 is 0. The summed E-state index contributed by atoms with van der Waals surface area (Å²) < 4.78 is 4.18. The molecule has 0 aliphatic rings. The average molecular weight is 318 g/mol. The van der Waals surface area contributed by atoms with Crippen molar-refractivity contribution >= 4 is 29.3 Å². The quantitative estimate of drug-likeness (QED) is 0.748. The Balaban J connectivity index is 0.00000176. The van der Waals surface area contributed by atoms with Crippen molar-refractivity contribution in [1.29, 1.82) is 0 Å². The first-order valence-electron chi connectivity index (χ1n) is 6.80. The zero-order chi connectivity index (χ0) is 14.8. The molecule has 2 heterocycles. The lowest BCUT2D eigenvalue weighted by molar-refractivity contribution is -0.654. The number of para-hydroxylation sites is 2. The van der Waals surface area contributed by atoms with Crippen molar-refractivity contribution in [2.24, 2.45) is 14.1 Å². The minimum atomic E-state index is -0.166. The Kier molecular flexibility index (Phi) is 4.78. The van der Waals surface area contributed by atoms with Crippen LogP contribution in [0.3, 0.4) is 0 Å². The van der Waals surface area contributed by atoms with Crippen molar-refractivity contribution in [3.63, 3.8) is 0 Å². The third-order valence-electron chi connectivity index (χ3n) is 3.68. The Labute approximate surface area is 135 Å². The Morgan fingerprint density at radius 1 is 1.23 bits per heavy atom. The van der Waals surface area contributed by atoms with Crippen LogP contribution in [-0.4, -0.2) is 15.5 Å². The molecule has 0 radical (unpaired) electrons. The van der Waals surface area contributed by atoms with E-state index in [0.717, 1.165) is 16.9 Å². The number of hydrogen-bond acceptors (Lipinski definition) is 2. The normalized spacial score (nSPS) is 10.3. The molecule has 0 aliphatic heterocycles. The molecule has 3 rings (SSSR count). The number of nitrogens with one attached hydrogen (secondary N) is 1. The molecule has 1 N–H and O–H groups in total. The molecule has 1 aromatic carbocycles. The van der Waals surface area contributed by atoms with E-state index >= 15 is 0 Å². The first-order valence-corrected chi connectivity index (χ1v) is 6.80. The minimum Gasteiger partial charge on any atom is -0.339 e. The molecule has 0 spiro atoms. The number of carbonyl (C=O) groups is 1. The van der Waals surface area contributed by atoms with Crippen molar-refractivity contribution in [2.45, 2.75) is 6.54 Å². The molecule has 5 nitrogen and oxygen atoms in total. The van der Waals surface area contributed by atoms with Gasteiger partial charge in [-0.15, -0.1) is 12.4 Å². The van der Waals surface area contributed by atoms with E-state index in [1.807, 2.05) is 26.2 Å². The van der Waals surface area contributed by atoms with Gasteiger partial charge in [0.15, 0.2) is 11.0 Å². The van der Waals surface area contributed by atoms with Gasteiger partial charge in [-0.2, -0.15) is 0 Å². The van der Waals surface area contributed by atoms with E-state index in [1.165, 1.54) is 0 Å². The highest BCUT2D eigenvalue weighted by molar-refractivity contribution is 5.92. The lowest BCUT2D eigenvalue weighted by Crippen LogP contribution is -2.37. The highest BCUT2D eigenvalue weighted by Crippen LogP contribution is 2.11. The maximum absolute atomic E-state index is 12.1. The minimum absolute atomic E-state index is 0. The Hall–Kier alpha value is -2.40. The fourth-order valence-electron chi connectivity index (χ4n) is 2.52. The molecule has 6 heteroatoms. The highest BCUT2D eigenvalue weighted by Gasteiger charge is 2.20. The van der Waals surface area contributed by atoms with Crippen LogP contribution < -0.4 is 9.88 Å². The summed E-state index contributed by atoms with van der Waals surface area (Å²) in [4.78, 5) is 16.1. The van der Waals surface area contributed by atoms with Crippen LogP contribution in [0.1, 0.15) is 16.3 Å². The van der Waals surface area contributed by atoms with Crippen molar-refractivity contribution in [1.82, 2.24) is 14.9 Å². The van der Waals surface area contributed by atoms with E-state index in [2.05, 4.69) is 31.6 Å². The standard InChI is InChI=1S/C16H16N4O.ClH/c1-19-13-8-3-4-9-14(13)20(2)15(19)11-18-16(21)12-7-5-6-10-17-12;/h3-10H,11H2,1-2H3;1H/p+1. The second kappa shape index (κ2) is 6.58. The number of aromatic nitrogens is 3. The molecule has 0 unspecified atom stereocenters. The lowest BCUT2D eigenvalue weighted by Gasteiger charge is -2.03. The number of fused-ring (bicyclic) bond motifs is 1. The summed E-state index contributed by atoms with van der Waals surface area (Å²) in [7, 11) is 4.01. The molecular formula is C16H18ClN4O+. The zero-order valence-corrected chi connectivity index (χ0v) is 13.3. The lowest BCUT2D eigenvalue weighted by atomic mass is 10.3. The molecule has 114 valence electrons. The molecule has 2 aromatic heterocycles. The molecule has 0 saturated heterocycles. The SMILES string of the molecule is Cl.Cn1c(CNC(=O)c2ccccn2)[n+](C)c2ccccc21. The molecule has 0 saturated carbocycles. The summed E-state index contributed by atoms with van der Waals surface area (Å²) in [5.74, 6) is 0.862. The van der Waals surface area contributed by atoms with Crippen LogP contribution in [0.4, 0.5) is 0 Å². The van der Waals surface area contributed by atoms with Crippen molar-refractivity contribution in [2.75, 3.05) is 0 Å². The average Bonchev–Trinajstić information content (AvgIpc) is 2.78. The van der Waals surface area contributed by atoms with Crippen LogP contribution in [0.15, 0.2) is 48.7 Å². The van der Waals surface area contributed by atoms with E-state index < -0.39 is 0 Å². The number of benzene rings is 1. The van der Waals surface area contributed by atoms with Crippen molar-refractivity contribution < 1.29 is 9.36 Å². The van der Waals surface area contributed by atoms with Gasteiger partial charge < -0.3 is 5.32 Å². The first-order chi connectivity index (χ1) is 10.2. The fraction of sp³-hybridized carbons (Fsp3) is 0.188. The first kappa shape index (κ1) is 16.0. The molecule has 0 fully saturated rings. The monoisotopic (exact) mass is 317 g/mol. The van der Waals surface area contributed by atoms with E-state index in [0.29, 0.717) is 12.2 Å². The van der Waals surface area contributed by atoms with Gasteiger partial charge in [-0.1, -0.05) is 18.2 Å². The maximum Gasteiger partial charge on any atom is 0.276 e. The van der Waals surface area contributed by atoms with E-state index in [-0.39, 0.29) is 18.3 Å². The van der Waals surface area contributed by atoms with Gasteiger partial charge in [-0.25, -0.2) is 9.13 Å². The molecule has 3 aromatic rings. The fourth-order valence-corrected chi connectivity index (χ4v) is 2.52. The Bertz CT molecular complexity index is 760. The molecule has 0 atom stereocenters. The second-order valence-electron chi connectivity index (χ2n) is 4.92. The maximum atomic E-state index is 12.1. The van der Waals surface area contributed by atoms with Crippen LogP contribution in [-0.2, 0) is 20.6 Å². The molecule has 1 amide bonds. The summed E-state index contributed by atoms with van der Waals surface area (Å²) in [5, 5.41) is 2.91. The number of nitrogens with zero attached hydrogens (tertiary/aromatic N) is 3. The smallest absolute Gasteiger partial charge is 0.276 e. The Morgan fingerprint density at radius 2 is 1.95 bits per heavy atom. The summed E-state index contributed by atoms with van der Waals surface area (Å²) in [6.45, 7) is 0.455. The van der Waals surface area contributed by atoms with Gasteiger partial charge >= 0.3 is 0 Å². The van der Waals surface area contributed by atoms with E-state index in [1.54, 1.807) is 24.4 Å². The third kappa shape index (κ3) is 2.80. The van der Waals surface area contributed by atoms with E-state index in [9.17, 15) is 4.79 Å². The number of hydrogen-bond donors (Lipinski definition) is 1. The van der Waals surface area contributed by atoms with Crippen LogP contribution in [0.5, 0.6) is 0 Å². The van der Waals surface area contributed by atoms with Crippen LogP contribution in [0, 0.1) is 0 Å². The highest BCUT2D eigenvalue weighted by atomic mass is 35.5. The van der Waals surface area contributed by atoms with Crippen molar-refractivity contribution in [3.8, 4) is 0 Å². The second-order valence-corrected chi connectivity index (χ2v) is 4.92. The summed E-state index contributed by atoms with van der Waals surface area (Å²) in [5.41, 5.74) is 2.71. The van der Waals surface area contributed by atoms with Crippen LogP contribution in [0.2, 0.25) is 0 Å². The predicted octanol–water partition coefficient (Wildman–Crippen LogP) is 1.75. The number of amides is 1. The Morgan fingerprint density at radius 3 is 2.64 bits per heavy atom. The third-order valence-corrected chi connectivity index (χ3v) is 3.68. The largest absolute Gasteiger partial charge is 0.339 e. The number of aryl methyl sites for hydroxylation is 2. The molecule has 0 aliphatic carbocycles. The van der Waals surface area contributed by atoms with Gasteiger partial charge in [0.05, 0.1) is 14.1 Å². The van der Waals surface area contributed by atoms with Crippen molar-refractivity contribution in [3.05, 3.63) is 60.2 Å². The number of halogens is 1. The molecule has 0 bridgehead atoms. The van der Waals surface area contributed by atoms with Gasteiger partial charge in [0.2, 0.25) is 0 Å². The number of pyridine rings is 1. The number of rotatable bonds is 3. The summed E-state index contributed by atoms with van der Waals surface area (Å²) in [6.07, 6.45) is 1.62. The molecule has 22 heavy (non-hydrogen) atoms.